The molecule has 0 spiro atoms. The molecule has 1 fully saturated rings. The summed E-state index contributed by atoms with van der Waals surface area (Å²) in [6, 6.07) is -0.0376. The van der Waals surface area contributed by atoms with E-state index in [2.05, 4.69) is 80.4 Å². The maximum atomic E-state index is 15.0. The molecule has 1 aliphatic heterocycles. The highest BCUT2D eigenvalue weighted by molar-refractivity contribution is 7.09. The first-order valence-electron chi connectivity index (χ1n) is 18.1. The minimum absolute atomic E-state index is 0.0295. The molecule has 0 N–H and O–H groups in total. The van der Waals surface area contributed by atoms with Gasteiger partial charge < -0.3 is 14.1 Å². The van der Waals surface area contributed by atoms with Crippen molar-refractivity contribution in [3.63, 3.8) is 0 Å². The number of nitrogens with zero attached hydrogens (tertiary/aromatic N) is 3. The average molecular weight is 682 g/mol. The number of carbonyl (C=O) groups is 2. The molecule has 1 amide bonds. The van der Waals surface area contributed by atoms with Crippen molar-refractivity contribution in [3.8, 4) is 0 Å². The molecular formula is C36H67N3O5SSi. The Bertz CT molecular complexity index is 1060. The van der Waals surface area contributed by atoms with E-state index in [0.717, 1.165) is 56.5 Å². The third-order valence-corrected chi connectivity index (χ3v) is 15.7. The molecule has 10 heteroatoms. The van der Waals surface area contributed by atoms with E-state index in [9.17, 15) is 9.59 Å². The number of carbonyl (C=O) groups excluding carboxylic acids is 2. The van der Waals surface area contributed by atoms with Crippen molar-refractivity contribution in [2.75, 3.05) is 26.8 Å². The van der Waals surface area contributed by atoms with Crippen LogP contribution >= 0.6 is 11.3 Å². The molecular weight excluding hydrogens is 615 g/mol. The molecule has 1 aromatic heterocycles. The molecule has 1 aliphatic rings. The minimum atomic E-state index is -2.27. The number of hydrogen-bond donors (Lipinski definition) is 0. The van der Waals surface area contributed by atoms with Crippen molar-refractivity contribution in [2.45, 2.75) is 156 Å². The van der Waals surface area contributed by atoms with E-state index >= 15 is 0 Å². The Hall–Kier alpha value is -1.33. The van der Waals surface area contributed by atoms with Gasteiger partial charge >= 0.3 is 5.97 Å². The monoisotopic (exact) mass is 681 g/mol. The summed E-state index contributed by atoms with van der Waals surface area (Å²) in [6.07, 6.45) is 8.74. The van der Waals surface area contributed by atoms with Gasteiger partial charge in [-0.3, -0.25) is 9.63 Å². The van der Waals surface area contributed by atoms with E-state index in [4.69, 9.17) is 19.0 Å². The fraction of sp³-hybridized carbons (Fsp3) is 0.861. The summed E-state index contributed by atoms with van der Waals surface area (Å²) in [7, 11) is -0.0940. The summed E-state index contributed by atoms with van der Waals surface area (Å²) < 4.78 is 12.4. The fourth-order valence-corrected chi connectivity index (χ4v) is 8.27. The van der Waals surface area contributed by atoms with Crippen LogP contribution in [0.5, 0.6) is 0 Å². The number of likely N-dealkylation sites (tertiary alicyclic amines) is 1. The summed E-state index contributed by atoms with van der Waals surface area (Å²) in [5.74, 6) is -0.141. The molecule has 2 rings (SSSR count). The molecule has 0 radical (unpaired) electrons. The van der Waals surface area contributed by atoms with Crippen LogP contribution in [-0.4, -0.2) is 74.0 Å². The first-order chi connectivity index (χ1) is 21.6. The maximum absolute atomic E-state index is 15.0. The number of aromatic nitrogens is 1. The van der Waals surface area contributed by atoms with Crippen LogP contribution in [0.15, 0.2) is 5.38 Å². The van der Waals surface area contributed by atoms with Crippen molar-refractivity contribution >= 4 is 31.5 Å². The van der Waals surface area contributed by atoms with Gasteiger partial charge in [0.05, 0.1) is 31.3 Å². The number of thiazole rings is 1. The summed E-state index contributed by atoms with van der Waals surface area (Å²) in [5, 5.41) is 4.26. The van der Waals surface area contributed by atoms with Gasteiger partial charge in [0, 0.05) is 17.8 Å². The molecule has 266 valence electrons. The van der Waals surface area contributed by atoms with Gasteiger partial charge in [0.2, 0.25) is 0 Å². The van der Waals surface area contributed by atoms with Gasteiger partial charge in [0.15, 0.2) is 14.0 Å². The quantitative estimate of drug-likeness (QED) is 0.0623. The molecule has 0 aliphatic carbocycles. The standard InChI is InChI=1S/C36H67N3O5SSi/c1-13-16-17-20-23-43-39(34(40)32(27(6)14-2)29-21-18-19-22-38(29)10)30(26(4)5)24-31(44-46(11,12)36(7,8)9)33-37-28(25-45-33)35(41)42-15-3/h25-27,29-32H,13-24H2,1-12H3/t27-,29-,30+,31+,32+/m0/s1. The van der Waals surface area contributed by atoms with Gasteiger partial charge in [0.25, 0.3) is 5.91 Å². The average Bonchev–Trinajstić information content (AvgIpc) is 3.48. The second-order valence-corrected chi connectivity index (χ2v) is 20.9. The Morgan fingerprint density at radius 3 is 2.37 bits per heavy atom. The number of amides is 1. The Morgan fingerprint density at radius 1 is 1.11 bits per heavy atom. The normalized spacial score (nSPS) is 19.1. The third kappa shape index (κ3) is 11.4. The lowest BCUT2D eigenvalue weighted by atomic mass is 9.79. The van der Waals surface area contributed by atoms with Crippen molar-refractivity contribution in [2.24, 2.45) is 17.8 Å². The molecule has 2 heterocycles. The third-order valence-electron chi connectivity index (χ3n) is 10.3. The maximum Gasteiger partial charge on any atom is 0.357 e. The SMILES string of the molecule is CCCCCCON(C(=O)[C@H]([C@@H](C)CC)[C@@H]1CCCCN1C)[C@H](C[C@@H](O[Si](C)(C)C(C)(C)C)c1nc(C(=O)OCC)cs1)C(C)C. The number of piperidine rings is 1. The van der Waals surface area contributed by atoms with Gasteiger partial charge in [-0.1, -0.05) is 87.5 Å². The topological polar surface area (TPSA) is 81.2 Å². The summed E-state index contributed by atoms with van der Waals surface area (Å²) in [6.45, 7) is 25.8. The first-order valence-corrected chi connectivity index (χ1v) is 21.8. The molecule has 8 nitrogen and oxygen atoms in total. The number of ether oxygens (including phenoxy) is 1. The number of unbranched alkanes of at least 4 members (excludes halogenated alkanes) is 3. The number of hydroxylamine groups is 2. The van der Waals surface area contributed by atoms with E-state index < -0.39 is 14.3 Å². The Kier molecular flexibility index (Phi) is 16.9. The zero-order valence-corrected chi connectivity index (χ0v) is 33.1. The Labute approximate surface area is 286 Å². The molecule has 0 unspecified atom stereocenters. The molecule has 0 saturated carbocycles. The lowest BCUT2D eigenvalue weighted by Crippen LogP contribution is -2.54. The van der Waals surface area contributed by atoms with E-state index in [1.165, 1.54) is 17.8 Å². The highest BCUT2D eigenvalue weighted by atomic mass is 32.1. The van der Waals surface area contributed by atoms with Crippen LogP contribution in [0.1, 0.15) is 142 Å². The first kappa shape index (κ1) is 40.8. The second kappa shape index (κ2) is 19.0. The molecule has 0 bridgehead atoms. The van der Waals surface area contributed by atoms with Crippen LogP contribution in [0.3, 0.4) is 0 Å². The summed E-state index contributed by atoms with van der Waals surface area (Å²) in [5.41, 5.74) is 0.309. The van der Waals surface area contributed by atoms with Gasteiger partial charge in [-0.2, -0.15) is 0 Å². The van der Waals surface area contributed by atoms with Crippen LogP contribution in [0.25, 0.3) is 0 Å². The van der Waals surface area contributed by atoms with Crippen molar-refractivity contribution in [1.29, 1.82) is 0 Å². The molecule has 5 atom stereocenters. The molecule has 46 heavy (non-hydrogen) atoms. The zero-order chi connectivity index (χ0) is 34.7. The lowest BCUT2D eigenvalue weighted by molar-refractivity contribution is -0.217. The highest BCUT2D eigenvalue weighted by Gasteiger charge is 2.44. The molecule has 1 aromatic rings. The van der Waals surface area contributed by atoms with Gasteiger partial charge in [-0.05, 0) is 69.7 Å². The van der Waals surface area contributed by atoms with Crippen molar-refractivity contribution < 1.29 is 23.6 Å². The van der Waals surface area contributed by atoms with E-state index in [0.29, 0.717) is 25.3 Å². The van der Waals surface area contributed by atoms with Crippen LogP contribution in [-0.2, 0) is 18.8 Å². The van der Waals surface area contributed by atoms with Crippen molar-refractivity contribution in [3.05, 3.63) is 16.1 Å². The van der Waals surface area contributed by atoms with E-state index in [-0.39, 0.29) is 46.9 Å². The Balaban J connectivity index is 2.58. The van der Waals surface area contributed by atoms with E-state index in [1.54, 1.807) is 17.4 Å². The number of hydrogen-bond acceptors (Lipinski definition) is 8. The van der Waals surface area contributed by atoms with Crippen LogP contribution in [0, 0.1) is 17.8 Å². The highest BCUT2D eigenvalue weighted by Crippen LogP contribution is 2.43. The van der Waals surface area contributed by atoms with Gasteiger partial charge in [0.1, 0.15) is 5.01 Å². The number of rotatable bonds is 19. The Morgan fingerprint density at radius 2 is 1.80 bits per heavy atom. The van der Waals surface area contributed by atoms with Crippen LogP contribution in [0.4, 0.5) is 0 Å². The number of esters is 1. The summed E-state index contributed by atoms with van der Waals surface area (Å²) in [4.78, 5) is 41.3. The van der Waals surface area contributed by atoms with E-state index in [1.807, 2.05) is 0 Å². The zero-order valence-electron chi connectivity index (χ0n) is 31.3. The van der Waals surface area contributed by atoms with Gasteiger partial charge in [-0.25, -0.2) is 14.8 Å². The predicted molar refractivity (Wildman–Crippen MR) is 192 cm³/mol. The smallest absolute Gasteiger partial charge is 0.357 e. The fourth-order valence-electron chi connectivity index (χ4n) is 6.08. The van der Waals surface area contributed by atoms with Gasteiger partial charge in [-0.15, -0.1) is 11.3 Å². The minimum Gasteiger partial charge on any atom is -0.461 e. The van der Waals surface area contributed by atoms with Crippen molar-refractivity contribution in [1.82, 2.24) is 14.9 Å². The predicted octanol–water partition coefficient (Wildman–Crippen LogP) is 9.28. The van der Waals surface area contributed by atoms with Crippen LogP contribution in [0.2, 0.25) is 18.1 Å². The summed E-state index contributed by atoms with van der Waals surface area (Å²) >= 11 is 1.44. The largest absolute Gasteiger partial charge is 0.461 e. The molecule has 0 aromatic carbocycles. The van der Waals surface area contributed by atoms with Crippen LogP contribution < -0.4 is 0 Å². The second-order valence-electron chi connectivity index (χ2n) is 15.2. The lowest BCUT2D eigenvalue weighted by Gasteiger charge is -2.44. The molecule has 1 saturated heterocycles.